The van der Waals surface area contributed by atoms with Gasteiger partial charge >= 0.3 is 0 Å². The minimum atomic E-state index is 0.477. The molecule has 0 atom stereocenters. The summed E-state index contributed by atoms with van der Waals surface area (Å²) >= 11 is 0. The fourth-order valence-corrected chi connectivity index (χ4v) is 2.22. The van der Waals surface area contributed by atoms with Gasteiger partial charge in [0.1, 0.15) is 5.75 Å². The average Bonchev–Trinajstić information content (AvgIpc) is 2.66. The first-order valence-corrected chi connectivity index (χ1v) is 7.71. The van der Waals surface area contributed by atoms with Gasteiger partial charge in [-0.25, -0.2) is 4.98 Å². The number of rotatable bonds is 6. The van der Waals surface area contributed by atoms with Crippen LogP contribution in [0.1, 0.15) is 12.8 Å². The molecule has 3 aromatic heterocycles. The molecular formula is C19H16N4O. The standard InChI is InChI=1S/C19H16N4O/c20-9-3-6-12-24-15-13-18(16-7-1-4-10-21-16)23-19(14-15)17-8-2-5-11-22-17/h1-2,4-5,7-8,10-11,13-14H,3,6,12H2. The van der Waals surface area contributed by atoms with Gasteiger partial charge in [0.25, 0.3) is 0 Å². The van der Waals surface area contributed by atoms with Crippen LogP contribution in [0.15, 0.2) is 60.9 Å². The highest BCUT2D eigenvalue weighted by Crippen LogP contribution is 2.26. The molecule has 0 aromatic carbocycles. The summed E-state index contributed by atoms with van der Waals surface area (Å²) in [6.07, 6.45) is 4.64. The second kappa shape index (κ2) is 7.84. The van der Waals surface area contributed by atoms with Crippen molar-refractivity contribution in [3.63, 3.8) is 0 Å². The number of nitrogens with zero attached hydrogens (tertiary/aromatic N) is 4. The molecule has 0 aliphatic carbocycles. The molecule has 0 saturated heterocycles. The van der Waals surface area contributed by atoms with Gasteiger partial charge in [-0.15, -0.1) is 0 Å². The zero-order valence-electron chi connectivity index (χ0n) is 13.1. The lowest BCUT2D eigenvalue weighted by molar-refractivity contribution is 0.312. The van der Waals surface area contributed by atoms with E-state index in [1.165, 1.54) is 0 Å². The number of pyridine rings is 3. The molecule has 0 unspecified atom stereocenters. The maximum absolute atomic E-state index is 8.62. The first-order chi connectivity index (χ1) is 11.9. The van der Waals surface area contributed by atoms with Crippen molar-refractivity contribution in [1.29, 1.82) is 5.26 Å². The van der Waals surface area contributed by atoms with Gasteiger partial charge in [0.05, 0.1) is 35.5 Å². The number of unbranched alkanes of at least 4 members (excludes halogenated alkanes) is 1. The van der Waals surface area contributed by atoms with E-state index in [1.807, 2.05) is 48.5 Å². The summed E-state index contributed by atoms with van der Waals surface area (Å²) in [7, 11) is 0. The Morgan fingerprint density at radius 2 is 1.50 bits per heavy atom. The topological polar surface area (TPSA) is 71.7 Å². The van der Waals surface area contributed by atoms with Crippen molar-refractivity contribution >= 4 is 0 Å². The normalized spacial score (nSPS) is 10.1. The molecule has 118 valence electrons. The molecule has 0 N–H and O–H groups in total. The van der Waals surface area contributed by atoms with E-state index in [-0.39, 0.29) is 0 Å². The van der Waals surface area contributed by atoms with Crippen molar-refractivity contribution in [2.45, 2.75) is 12.8 Å². The molecule has 0 spiro atoms. The molecule has 0 fully saturated rings. The van der Waals surface area contributed by atoms with Gasteiger partial charge in [-0.05, 0) is 30.7 Å². The predicted octanol–water partition coefficient (Wildman–Crippen LogP) is 3.89. The van der Waals surface area contributed by atoms with Crippen LogP contribution in [0.5, 0.6) is 5.75 Å². The molecule has 0 radical (unpaired) electrons. The summed E-state index contributed by atoms with van der Waals surface area (Å²) in [4.78, 5) is 13.4. The third kappa shape index (κ3) is 3.93. The lowest BCUT2D eigenvalue weighted by Crippen LogP contribution is -1.99. The number of nitriles is 1. The molecule has 0 aliphatic heterocycles. The molecule has 3 heterocycles. The van der Waals surface area contributed by atoms with Crippen molar-refractivity contribution in [2.24, 2.45) is 0 Å². The lowest BCUT2D eigenvalue weighted by Gasteiger charge is -2.10. The minimum absolute atomic E-state index is 0.477. The molecule has 0 amide bonds. The fraction of sp³-hybridized carbons (Fsp3) is 0.158. The Balaban J connectivity index is 1.95. The van der Waals surface area contributed by atoms with Crippen LogP contribution < -0.4 is 4.74 Å². The Labute approximate surface area is 140 Å². The largest absolute Gasteiger partial charge is 0.493 e. The van der Waals surface area contributed by atoms with E-state index in [0.29, 0.717) is 25.2 Å². The van der Waals surface area contributed by atoms with Crippen LogP contribution in [0.2, 0.25) is 0 Å². The molecule has 5 heteroatoms. The van der Waals surface area contributed by atoms with Crippen LogP contribution >= 0.6 is 0 Å². The monoisotopic (exact) mass is 316 g/mol. The second-order valence-electron chi connectivity index (χ2n) is 5.11. The van der Waals surface area contributed by atoms with Crippen LogP contribution in [0, 0.1) is 11.3 Å². The van der Waals surface area contributed by atoms with Gasteiger partial charge in [-0.3, -0.25) is 9.97 Å². The van der Waals surface area contributed by atoms with E-state index in [4.69, 9.17) is 10.00 Å². The van der Waals surface area contributed by atoms with Gasteiger partial charge in [-0.2, -0.15) is 5.26 Å². The van der Waals surface area contributed by atoms with Crippen LogP contribution in [0.4, 0.5) is 0 Å². The molecule has 5 nitrogen and oxygen atoms in total. The van der Waals surface area contributed by atoms with Crippen LogP contribution in [0.25, 0.3) is 22.8 Å². The maximum atomic E-state index is 8.62. The van der Waals surface area contributed by atoms with Gasteiger partial charge < -0.3 is 4.74 Å². The van der Waals surface area contributed by atoms with Crippen LogP contribution in [-0.2, 0) is 0 Å². The summed E-state index contributed by atoms with van der Waals surface area (Å²) in [6.45, 7) is 0.487. The Bertz CT molecular complexity index is 771. The van der Waals surface area contributed by atoms with Gasteiger partial charge in [-0.1, -0.05) is 12.1 Å². The first kappa shape index (κ1) is 15.6. The van der Waals surface area contributed by atoms with E-state index < -0.39 is 0 Å². The summed E-state index contributed by atoms with van der Waals surface area (Å²) in [5, 5.41) is 8.62. The third-order valence-electron chi connectivity index (χ3n) is 3.36. The summed E-state index contributed by atoms with van der Waals surface area (Å²) in [6, 6.07) is 17.2. The highest BCUT2D eigenvalue weighted by molar-refractivity contribution is 5.64. The number of hydrogen-bond acceptors (Lipinski definition) is 5. The second-order valence-corrected chi connectivity index (χ2v) is 5.11. The summed E-state index contributed by atoms with van der Waals surface area (Å²) in [5.74, 6) is 0.698. The van der Waals surface area contributed by atoms with E-state index in [2.05, 4.69) is 21.0 Å². The van der Waals surface area contributed by atoms with E-state index in [0.717, 1.165) is 22.8 Å². The molecule has 0 saturated carbocycles. The van der Waals surface area contributed by atoms with E-state index in [1.54, 1.807) is 12.4 Å². The average molecular weight is 316 g/mol. The number of aromatic nitrogens is 3. The van der Waals surface area contributed by atoms with Crippen LogP contribution in [0.3, 0.4) is 0 Å². The van der Waals surface area contributed by atoms with E-state index >= 15 is 0 Å². The Morgan fingerprint density at radius 1 is 0.875 bits per heavy atom. The zero-order chi connectivity index (χ0) is 16.6. The number of hydrogen-bond donors (Lipinski definition) is 0. The van der Waals surface area contributed by atoms with Crippen molar-refractivity contribution in [2.75, 3.05) is 6.61 Å². The minimum Gasteiger partial charge on any atom is -0.493 e. The summed E-state index contributed by atoms with van der Waals surface area (Å²) < 4.78 is 5.79. The first-order valence-electron chi connectivity index (χ1n) is 7.71. The van der Waals surface area contributed by atoms with Gasteiger partial charge in [0, 0.05) is 30.9 Å². The molecule has 3 aromatic rings. The smallest absolute Gasteiger partial charge is 0.123 e. The Morgan fingerprint density at radius 3 is 2.00 bits per heavy atom. The predicted molar refractivity (Wildman–Crippen MR) is 91.0 cm³/mol. The maximum Gasteiger partial charge on any atom is 0.123 e. The molecule has 0 bridgehead atoms. The van der Waals surface area contributed by atoms with Crippen molar-refractivity contribution < 1.29 is 4.74 Å². The Kier molecular flexibility index (Phi) is 5.10. The van der Waals surface area contributed by atoms with Crippen molar-refractivity contribution in [3.05, 3.63) is 60.9 Å². The molecule has 24 heavy (non-hydrogen) atoms. The quantitative estimate of drug-likeness (QED) is 0.645. The zero-order valence-corrected chi connectivity index (χ0v) is 13.1. The Hall–Kier alpha value is -3.26. The van der Waals surface area contributed by atoms with E-state index in [9.17, 15) is 0 Å². The SMILES string of the molecule is N#CCCCOc1cc(-c2ccccn2)nc(-c2ccccn2)c1. The molecular weight excluding hydrogens is 300 g/mol. The number of ether oxygens (including phenoxy) is 1. The molecule has 0 aliphatic rings. The van der Waals surface area contributed by atoms with Gasteiger partial charge in [0.2, 0.25) is 0 Å². The highest BCUT2D eigenvalue weighted by atomic mass is 16.5. The fourth-order valence-electron chi connectivity index (χ4n) is 2.22. The van der Waals surface area contributed by atoms with Crippen molar-refractivity contribution in [1.82, 2.24) is 15.0 Å². The van der Waals surface area contributed by atoms with Crippen LogP contribution in [-0.4, -0.2) is 21.6 Å². The highest BCUT2D eigenvalue weighted by Gasteiger charge is 2.09. The van der Waals surface area contributed by atoms with Crippen molar-refractivity contribution in [3.8, 4) is 34.6 Å². The lowest BCUT2D eigenvalue weighted by atomic mass is 10.2. The summed E-state index contributed by atoms with van der Waals surface area (Å²) in [5.41, 5.74) is 3.01. The molecule has 3 rings (SSSR count). The van der Waals surface area contributed by atoms with Gasteiger partial charge in [0.15, 0.2) is 0 Å². The third-order valence-corrected chi connectivity index (χ3v) is 3.36.